The zero-order valence-electron chi connectivity index (χ0n) is 9.64. The molecular formula is C12H12N2O4. The van der Waals surface area contributed by atoms with Gasteiger partial charge in [-0.05, 0) is 24.6 Å². The van der Waals surface area contributed by atoms with Gasteiger partial charge in [-0.1, -0.05) is 6.07 Å². The Kier molecular flexibility index (Phi) is 4.20. The maximum atomic E-state index is 11.4. The van der Waals surface area contributed by atoms with E-state index in [1.807, 2.05) is 0 Å². The number of carboxylic acids is 1. The van der Waals surface area contributed by atoms with Gasteiger partial charge in [-0.2, -0.15) is 0 Å². The monoisotopic (exact) mass is 248 g/mol. The van der Waals surface area contributed by atoms with Crippen molar-refractivity contribution in [2.45, 2.75) is 6.92 Å². The Morgan fingerprint density at radius 1 is 1.28 bits per heavy atom. The predicted molar refractivity (Wildman–Crippen MR) is 65.1 cm³/mol. The van der Waals surface area contributed by atoms with Gasteiger partial charge in [0.15, 0.2) is 0 Å². The molecular weight excluding hydrogens is 236 g/mol. The van der Waals surface area contributed by atoms with Crippen LogP contribution in [0.15, 0.2) is 30.4 Å². The van der Waals surface area contributed by atoms with Crippen molar-refractivity contribution in [1.82, 2.24) is 0 Å². The summed E-state index contributed by atoms with van der Waals surface area (Å²) in [5.74, 6) is -2.40. The fraction of sp³-hybridized carbons (Fsp3) is 0.0833. The minimum Gasteiger partial charge on any atom is -0.478 e. The molecule has 0 spiro atoms. The summed E-state index contributed by atoms with van der Waals surface area (Å²) in [5.41, 5.74) is 6.41. The second kappa shape index (κ2) is 5.62. The first-order chi connectivity index (χ1) is 8.41. The van der Waals surface area contributed by atoms with Crippen LogP contribution in [0.5, 0.6) is 0 Å². The normalized spacial score (nSPS) is 10.3. The Labute approximate surface area is 103 Å². The SMILES string of the molecule is Cc1c(NC(=O)/C=C/C(=O)O)cccc1C(N)=O. The number of amides is 2. The van der Waals surface area contributed by atoms with Crippen LogP contribution in [0, 0.1) is 6.92 Å². The summed E-state index contributed by atoms with van der Waals surface area (Å²) in [6.45, 7) is 1.64. The Balaban J connectivity index is 2.92. The lowest BCUT2D eigenvalue weighted by molar-refractivity contribution is -0.131. The molecule has 0 aliphatic carbocycles. The number of nitrogens with two attached hydrogens (primary N) is 1. The van der Waals surface area contributed by atoms with Gasteiger partial charge in [-0.25, -0.2) is 4.79 Å². The minimum atomic E-state index is -1.22. The summed E-state index contributed by atoms with van der Waals surface area (Å²) >= 11 is 0. The number of hydrogen-bond donors (Lipinski definition) is 3. The Bertz CT molecular complexity index is 535. The van der Waals surface area contributed by atoms with Crippen molar-refractivity contribution in [2.24, 2.45) is 5.73 Å². The highest BCUT2D eigenvalue weighted by atomic mass is 16.4. The third kappa shape index (κ3) is 3.44. The summed E-state index contributed by atoms with van der Waals surface area (Å²) in [6.07, 6.45) is 1.61. The largest absolute Gasteiger partial charge is 0.478 e. The molecule has 94 valence electrons. The van der Waals surface area contributed by atoms with E-state index in [4.69, 9.17) is 10.8 Å². The number of carbonyl (C=O) groups excluding carboxylic acids is 2. The van der Waals surface area contributed by atoms with Crippen LogP contribution < -0.4 is 11.1 Å². The van der Waals surface area contributed by atoms with E-state index in [0.29, 0.717) is 16.8 Å². The van der Waals surface area contributed by atoms with Crippen LogP contribution in [0.4, 0.5) is 5.69 Å². The van der Waals surface area contributed by atoms with E-state index in [1.165, 1.54) is 0 Å². The van der Waals surface area contributed by atoms with Gasteiger partial charge in [-0.15, -0.1) is 0 Å². The Morgan fingerprint density at radius 3 is 2.50 bits per heavy atom. The van der Waals surface area contributed by atoms with E-state index in [9.17, 15) is 14.4 Å². The van der Waals surface area contributed by atoms with Gasteiger partial charge >= 0.3 is 5.97 Å². The topological polar surface area (TPSA) is 109 Å². The van der Waals surface area contributed by atoms with Crippen LogP contribution in [-0.2, 0) is 9.59 Å². The van der Waals surface area contributed by atoms with E-state index in [0.717, 1.165) is 12.2 Å². The van der Waals surface area contributed by atoms with Crippen LogP contribution in [0.25, 0.3) is 0 Å². The predicted octanol–water partition coefficient (Wildman–Crippen LogP) is 0.673. The molecule has 1 aromatic rings. The van der Waals surface area contributed by atoms with Crippen LogP contribution in [0.2, 0.25) is 0 Å². The molecule has 4 N–H and O–H groups in total. The summed E-state index contributed by atoms with van der Waals surface area (Å²) in [5, 5.41) is 10.8. The first-order valence-corrected chi connectivity index (χ1v) is 5.03. The number of rotatable bonds is 4. The van der Waals surface area contributed by atoms with Gasteiger partial charge in [-0.3, -0.25) is 9.59 Å². The third-order valence-corrected chi connectivity index (χ3v) is 2.23. The van der Waals surface area contributed by atoms with Crippen molar-refractivity contribution in [1.29, 1.82) is 0 Å². The van der Waals surface area contributed by atoms with E-state index < -0.39 is 17.8 Å². The first kappa shape index (κ1) is 13.4. The first-order valence-electron chi connectivity index (χ1n) is 5.03. The Morgan fingerprint density at radius 2 is 1.94 bits per heavy atom. The number of benzene rings is 1. The number of carboxylic acid groups (broad SMARTS) is 1. The standard InChI is InChI=1S/C12H12N2O4/c1-7-8(12(13)18)3-2-4-9(7)14-10(15)5-6-11(16)17/h2-6H,1H3,(H2,13,18)(H,14,15)(H,16,17)/b6-5+. The summed E-state index contributed by atoms with van der Waals surface area (Å²) < 4.78 is 0. The highest BCUT2D eigenvalue weighted by molar-refractivity contribution is 6.04. The van der Waals surface area contributed by atoms with E-state index in [1.54, 1.807) is 25.1 Å². The molecule has 0 atom stereocenters. The summed E-state index contributed by atoms with van der Waals surface area (Å²) in [7, 11) is 0. The van der Waals surface area contributed by atoms with Gasteiger partial charge in [0.2, 0.25) is 11.8 Å². The zero-order chi connectivity index (χ0) is 13.7. The van der Waals surface area contributed by atoms with E-state index in [2.05, 4.69) is 5.32 Å². The number of aliphatic carboxylic acids is 1. The van der Waals surface area contributed by atoms with Crippen LogP contribution >= 0.6 is 0 Å². The van der Waals surface area contributed by atoms with Gasteiger partial charge < -0.3 is 16.2 Å². The molecule has 1 aromatic carbocycles. The molecule has 0 aliphatic heterocycles. The number of nitrogens with one attached hydrogen (secondary N) is 1. The number of carbonyl (C=O) groups is 3. The molecule has 6 nitrogen and oxygen atoms in total. The maximum Gasteiger partial charge on any atom is 0.328 e. The van der Waals surface area contributed by atoms with Crippen molar-refractivity contribution >= 4 is 23.5 Å². The second-order valence-electron chi connectivity index (χ2n) is 3.50. The molecule has 2 amide bonds. The Hall–Kier alpha value is -2.63. The van der Waals surface area contributed by atoms with Crippen molar-refractivity contribution < 1.29 is 19.5 Å². The number of anilines is 1. The molecule has 18 heavy (non-hydrogen) atoms. The van der Waals surface area contributed by atoms with Gasteiger partial charge in [0, 0.05) is 23.4 Å². The molecule has 0 bridgehead atoms. The van der Waals surface area contributed by atoms with Crippen molar-refractivity contribution in [2.75, 3.05) is 5.32 Å². The van der Waals surface area contributed by atoms with Crippen molar-refractivity contribution in [3.8, 4) is 0 Å². The second-order valence-corrected chi connectivity index (χ2v) is 3.50. The quantitative estimate of drug-likeness (QED) is 0.680. The number of hydrogen-bond acceptors (Lipinski definition) is 3. The molecule has 0 unspecified atom stereocenters. The molecule has 0 aromatic heterocycles. The molecule has 0 fully saturated rings. The summed E-state index contributed by atoms with van der Waals surface area (Å²) in [4.78, 5) is 32.7. The van der Waals surface area contributed by atoms with Gasteiger partial charge in [0.05, 0.1) is 0 Å². The summed E-state index contributed by atoms with van der Waals surface area (Å²) in [6, 6.07) is 4.71. The minimum absolute atomic E-state index is 0.301. The highest BCUT2D eigenvalue weighted by Gasteiger charge is 2.09. The molecule has 1 rings (SSSR count). The van der Waals surface area contributed by atoms with Crippen LogP contribution in [0.1, 0.15) is 15.9 Å². The van der Waals surface area contributed by atoms with E-state index >= 15 is 0 Å². The fourth-order valence-electron chi connectivity index (χ4n) is 1.36. The van der Waals surface area contributed by atoms with Crippen molar-refractivity contribution in [3.63, 3.8) is 0 Å². The smallest absolute Gasteiger partial charge is 0.328 e. The fourth-order valence-corrected chi connectivity index (χ4v) is 1.36. The molecule has 0 aliphatic rings. The van der Waals surface area contributed by atoms with E-state index in [-0.39, 0.29) is 0 Å². The van der Waals surface area contributed by atoms with Crippen molar-refractivity contribution in [3.05, 3.63) is 41.5 Å². The van der Waals surface area contributed by atoms with Gasteiger partial charge in [0.1, 0.15) is 0 Å². The third-order valence-electron chi connectivity index (χ3n) is 2.23. The molecule has 0 saturated heterocycles. The van der Waals surface area contributed by atoms with Crippen LogP contribution in [-0.4, -0.2) is 22.9 Å². The van der Waals surface area contributed by atoms with Gasteiger partial charge in [0.25, 0.3) is 0 Å². The molecule has 0 heterocycles. The number of primary amides is 1. The average molecular weight is 248 g/mol. The lowest BCUT2D eigenvalue weighted by Gasteiger charge is -2.09. The van der Waals surface area contributed by atoms with Crippen LogP contribution in [0.3, 0.4) is 0 Å². The average Bonchev–Trinajstić information content (AvgIpc) is 2.29. The lowest BCUT2D eigenvalue weighted by Crippen LogP contribution is -2.15. The molecule has 0 radical (unpaired) electrons. The lowest BCUT2D eigenvalue weighted by atomic mass is 10.1. The zero-order valence-corrected chi connectivity index (χ0v) is 9.64. The molecule has 0 saturated carbocycles. The molecule has 6 heteroatoms. The highest BCUT2D eigenvalue weighted by Crippen LogP contribution is 2.18. The maximum absolute atomic E-state index is 11.4.